The number of hydrazone groups is 1. The van der Waals surface area contributed by atoms with E-state index in [0.29, 0.717) is 12.5 Å². The van der Waals surface area contributed by atoms with Gasteiger partial charge in [0.25, 0.3) is 5.91 Å². The van der Waals surface area contributed by atoms with Crippen LogP contribution >= 0.6 is 11.8 Å². The van der Waals surface area contributed by atoms with E-state index < -0.39 is 0 Å². The van der Waals surface area contributed by atoms with Crippen LogP contribution in [-0.4, -0.2) is 24.0 Å². The van der Waals surface area contributed by atoms with Crippen LogP contribution in [0.4, 0.5) is 0 Å². The van der Waals surface area contributed by atoms with Crippen molar-refractivity contribution in [3.8, 4) is 5.75 Å². The molecule has 0 radical (unpaired) electrons. The summed E-state index contributed by atoms with van der Waals surface area (Å²) in [6.07, 6.45) is 1.63. The molecule has 2 aromatic rings. The molecule has 138 valence electrons. The summed E-state index contributed by atoms with van der Waals surface area (Å²) >= 11 is 1.51. The van der Waals surface area contributed by atoms with Gasteiger partial charge < -0.3 is 4.74 Å². The number of carbonyl (C=O) groups is 1. The smallest absolute Gasteiger partial charge is 0.253 e. The van der Waals surface area contributed by atoms with Crippen molar-refractivity contribution in [2.75, 3.05) is 6.61 Å². The lowest BCUT2D eigenvalue weighted by molar-refractivity contribution is -0.120. The molecule has 2 rings (SSSR count). The molecule has 0 heterocycles. The second kappa shape index (κ2) is 10.0. The van der Waals surface area contributed by atoms with E-state index in [4.69, 9.17) is 4.74 Å². The van der Waals surface area contributed by atoms with Gasteiger partial charge in [0.1, 0.15) is 5.75 Å². The maximum absolute atomic E-state index is 12.1. The number of ether oxygens (including phenoxy) is 1. The number of aryl methyl sites for hydroxylation is 1. The zero-order valence-electron chi connectivity index (χ0n) is 15.7. The minimum absolute atomic E-state index is 0.122. The van der Waals surface area contributed by atoms with E-state index in [2.05, 4.69) is 24.4 Å². The van der Waals surface area contributed by atoms with Crippen LogP contribution in [0.1, 0.15) is 31.9 Å². The molecule has 0 saturated heterocycles. The van der Waals surface area contributed by atoms with E-state index in [1.54, 1.807) is 6.21 Å². The molecule has 0 unspecified atom stereocenters. The summed E-state index contributed by atoms with van der Waals surface area (Å²) < 4.78 is 5.64. The minimum Gasteiger partial charge on any atom is -0.493 e. The number of thioether (sulfide) groups is 1. The van der Waals surface area contributed by atoms with E-state index >= 15 is 0 Å². The number of hydrogen-bond acceptors (Lipinski definition) is 4. The Morgan fingerprint density at radius 1 is 1.12 bits per heavy atom. The van der Waals surface area contributed by atoms with Crippen LogP contribution in [0.5, 0.6) is 5.75 Å². The molecular formula is C21H26N2O2S. The van der Waals surface area contributed by atoms with Crippen molar-refractivity contribution in [3.05, 3.63) is 59.7 Å². The highest BCUT2D eigenvalue weighted by Crippen LogP contribution is 2.23. The van der Waals surface area contributed by atoms with Crippen molar-refractivity contribution in [1.82, 2.24) is 5.43 Å². The molecule has 0 spiro atoms. The number of benzene rings is 2. The van der Waals surface area contributed by atoms with Crippen molar-refractivity contribution >= 4 is 23.9 Å². The highest BCUT2D eigenvalue weighted by atomic mass is 32.2. The molecule has 2 aromatic carbocycles. The van der Waals surface area contributed by atoms with Crippen LogP contribution in [0.25, 0.3) is 0 Å². The Balaban J connectivity index is 1.81. The molecule has 1 amide bonds. The molecule has 0 bridgehead atoms. The van der Waals surface area contributed by atoms with E-state index in [1.165, 1.54) is 17.3 Å². The number of hydrogen-bond donors (Lipinski definition) is 1. The van der Waals surface area contributed by atoms with Crippen molar-refractivity contribution in [1.29, 1.82) is 0 Å². The molecule has 5 heteroatoms. The molecule has 0 aromatic heterocycles. The van der Waals surface area contributed by atoms with Gasteiger partial charge in [-0.05, 0) is 61.7 Å². The van der Waals surface area contributed by atoms with Crippen LogP contribution in [0, 0.1) is 12.8 Å². The lowest BCUT2D eigenvalue weighted by Crippen LogP contribution is -2.26. The monoisotopic (exact) mass is 370 g/mol. The van der Waals surface area contributed by atoms with Crippen molar-refractivity contribution in [2.24, 2.45) is 11.0 Å². The van der Waals surface area contributed by atoms with Gasteiger partial charge in [0.15, 0.2) is 0 Å². The van der Waals surface area contributed by atoms with Crippen molar-refractivity contribution in [3.63, 3.8) is 0 Å². The van der Waals surface area contributed by atoms with Crippen LogP contribution in [0.15, 0.2) is 58.5 Å². The third-order valence-corrected chi connectivity index (χ3v) is 4.67. The molecule has 1 N–H and O–H groups in total. The standard InChI is InChI=1S/C21H26N2O2S/c1-15(2)14-25-19-9-7-18(8-10-19)13-22-23-21(24)17(4)26-20-11-5-16(3)6-12-20/h5-13,15,17H,14H2,1-4H3,(H,23,24)/b22-13-/t17-/m1/s1. The molecule has 0 aliphatic rings. The first-order valence-corrected chi connectivity index (χ1v) is 9.61. The van der Waals surface area contributed by atoms with Crippen LogP contribution in [-0.2, 0) is 4.79 Å². The average molecular weight is 371 g/mol. The predicted molar refractivity (Wildman–Crippen MR) is 109 cm³/mol. The number of nitrogens with zero attached hydrogens (tertiary/aromatic N) is 1. The summed E-state index contributed by atoms with van der Waals surface area (Å²) in [5.41, 5.74) is 4.70. The Hall–Kier alpha value is -2.27. The zero-order valence-corrected chi connectivity index (χ0v) is 16.5. The summed E-state index contributed by atoms with van der Waals surface area (Å²) in [5.74, 6) is 1.21. The molecule has 0 aliphatic carbocycles. The lowest BCUT2D eigenvalue weighted by atomic mass is 10.2. The van der Waals surface area contributed by atoms with Gasteiger partial charge in [0, 0.05) is 4.90 Å². The van der Waals surface area contributed by atoms with Crippen LogP contribution in [0.2, 0.25) is 0 Å². The molecule has 0 fully saturated rings. The fourth-order valence-electron chi connectivity index (χ4n) is 2.05. The highest BCUT2D eigenvalue weighted by Gasteiger charge is 2.13. The van der Waals surface area contributed by atoms with E-state index in [1.807, 2.05) is 62.4 Å². The predicted octanol–water partition coefficient (Wildman–Crippen LogP) is 4.66. The first kappa shape index (κ1) is 20.0. The van der Waals surface area contributed by atoms with Gasteiger partial charge in [-0.2, -0.15) is 5.10 Å². The second-order valence-electron chi connectivity index (χ2n) is 6.58. The summed E-state index contributed by atoms with van der Waals surface area (Å²) in [7, 11) is 0. The van der Waals surface area contributed by atoms with Gasteiger partial charge in [-0.15, -0.1) is 11.8 Å². The largest absolute Gasteiger partial charge is 0.493 e. The zero-order chi connectivity index (χ0) is 18.9. The maximum atomic E-state index is 12.1. The number of rotatable bonds is 8. The van der Waals surface area contributed by atoms with Crippen molar-refractivity contribution < 1.29 is 9.53 Å². The Morgan fingerprint density at radius 3 is 2.38 bits per heavy atom. The maximum Gasteiger partial charge on any atom is 0.253 e. The fraction of sp³-hybridized carbons (Fsp3) is 0.333. The van der Waals surface area contributed by atoms with Gasteiger partial charge in [-0.25, -0.2) is 5.43 Å². The van der Waals surface area contributed by atoms with E-state index in [9.17, 15) is 4.79 Å². The minimum atomic E-state index is -0.221. The summed E-state index contributed by atoms with van der Waals surface area (Å²) in [5, 5.41) is 3.82. The number of carbonyl (C=O) groups excluding carboxylic acids is 1. The van der Waals surface area contributed by atoms with Gasteiger partial charge in [-0.3, -0.25) is 4.79 Å². The molecule has 26 heavy (non-hydrogen) atoms. The van der Waals surface area contributed by atoms with Gasteiger partial charge >= 0.3 is 0 Å². The van der Waals surface area contributed by atoms with Crippen molar-refractivity contribution in [2.45, 2.75) is 37.8 Å². The summed E-state index contributed by atoms with van der Waals surface area (Å²) in [4.78, 5) is 13.2. The Bertz CT molecular complexity index is 725. The Kier molecular flexibility index (Phi) is 7.73. The van der Waals surface area contributed by atoms with Crippen LogP contribution in [0.3, 0.4) is 0 Å². The Morgan fingerprint density at radius 2 is 1.77 bits per heavy atom. The number of nitrogens with one attached hydrogen (secondary N) is 1. The third kappa shape index (κ3) is 6.92. The van der Waals surface area contributed by atoms with E-state index in [-0.39, 0.29) is 11.2 Å². The Labute approximate surface area is 160 Å². The third-order valence-electron chi connectivity index (χ3n) is 3.55. The quantitative estimate of drug-likeness (QED) is 0.418. The molecule has 0 saturated carbocycles. The lowest BCUT2D eigenvalue weighted by Gasteiger charge is -2.09. The SMILES string of the molecule is Cc1ccc(S[C@H](C)C(=O)N/N=C\c2ccc(OCC(C)C)cc2)cc1. The number of amides is 1. The molecule has 0 aliphatic heterocycles. The molecular weight excluding hydrogens is 344 g/mol. The van der Waals surface area contributed by atoms with Gasteiger partial charge in [0.05, 0.1) is 18.1 Å². The molecule has 1 atom stereocenters. The average Bonchev–Trinajstić information content (AvgIpc) is 2.62. The van der Waals surface area contributed by atoms with Gasteiger partial charge in [0.2, 0.25) is 0 Å². The molecule has 4 nitrogen and oxygen atoms in total. The first-order chi connectivity index (χ1) is 12.4. The van der Waals surface area contributed by atoms with Gasteiger partial charge in [-0.1, -0.05) is 31.5 Å². The van der Waals surface area contributed by atoms with Crippen LogP contribution < -0.4 is 10.2 Å². The fourth-order valence-corrected chi connectivity index (χ4v) is 2.91. The second-order valence-corrected chi connectivity index (χ2v) is 8.00. The summed E-state index contributed by atoms with van der Waals surface area (Å²) in [6, 6.07) is 15.8. The first-order valence-electron chi connectivity index (χ1n) is 8.73. The van der Waals surface area contributed by atoms with E-state index in [0.717, 1.165) is 16.2 Å². The normalized spacial score (nSPS) is 12.3. The summed E-state index contributed by atoms with van der Waals surface area (Å²) in [6.45, 7) is 8.84. The topological polar surface area (TPSA) is 50.7 Å². The highest BCUT2D eigenvalue weighted by molar-refractivity contribution is 8.00.